The van der Waals surface area contributed by atoms with E-state index in [4.69, 9.17) is 5.10 Å². The van der Waals surface area contributed by atoms with E-state index in [-0.39, 0.29) is 35.1 Å². The number of carbonyl (C=O) groups excluding carboxylic acids is 2. The molecule has 0 bridgehead atoms. The van der Waals surface area contributed by atoms with E-state index in [1.807, 2.05) is 28.9 Å². The summed E-state index contributed by atoms with van der Waals surface area (Å²) < 4.78 is 1.88. The van der Waals surface area contributed by atoms with Gasteiger partial charge in [-0.05, 0) is 54.3 Å². The van der Waals surface area contributed by atoms with Crippen molar-refractivity contribution in [3.63, 3.8) is 0 Å². The summed E-state index contributed by atoms with van der Waals surface area (Å²) in [4.78, 5) is 28.1. The molecule has 2 aromatic heterocycles. The summed E-state index contributed by atoms with van der Waals surface area (Å²) in [5.41, 5.74) is 4.94. The topological polar surface area (TPSA) is 67.2 Å². The maximum absolute atomic E-state index is 13.5. The first-order chi connectivity index (χ1) is 16.2. The molecule has 0 unspecified atom stereocenters. The zero-order chi connectivity index (χ0) is 24.0. The Bertz CT molecular complexity index is 1200. The highest BCUT2D eigenvalue weighted by Gasteiger charge is 2.40. The quantitative estimate of drug-likeness (QED) is 0.543. The van der Waals surface area contributed by atoms with Crippen LogP contribution < -0.4 is 10.2 Å². The van der Waals surface area contributed by atoms with E-state index in [1.165, 1.54) is 5.56 Å². The predicted octanol–water partition coefficient (Wildman–Crippen LogP) is 4.99. The molecule has 1 aliphatic carbocycles. The number of rotatable bonds is 5. The molecule has 5 rings (SSSR count). The molecule has 0 saturated heterocycles. The molecule has 0 spiro atoms. The minimum absolute atomic E-state index is 0.000385. The molecule has 6 nitrogen and oxygen atoms in total. The van der Waals surface area contributed by atoms with Gasteiger partial charge in [0.15, 0.2) is 0 Å². The van der Waals surface area contributed by atoms with E-state index >= 15 is 0 Å². The van der Waals surface area contributed by atoms with Gasteiger partial charge in [0.05, 0.1) is 22.4 Å². The van der Waals surface area contributed by atoms with Crippen LogP contribution in [0.25, 0.3) is 5.69 Å². The van der Waals surface area contributed by atoms with Gasteiger partial charge in [-0.1, -0.05) is 38.5 Å². The highest BCUT2D eigenvalue weighted by Crippen LogP contribution is 2.48. The number of benzene rings is 1. The van der Waals surface area contributed by atoms with Crippen molar-refractivity contribution in [1.29, 1.82) is 0 Å². The van der Waals surface area contributed by atoms with E-state index in [2.05, 4.69) is 49.8 Å². The van der Waals surface area contributed by atoms with Crippen molar-refractivity contribution in [3.05, 3.63) is 63.5 Å². The van der Waals surface area contributed by atoms with Gasteiger partial charge in [-0.15, -0.1) is 11.8 Å². The molecular formula is C26H30N4O2S2. The number of carbonyl (C=O) groups is 2. The van der Waals surface area contributed by atoms with Crippen LogP contribution in [0.3, 0.4) is 0 Å². The third-order valence-electron chi connectivity index (χ3n) is 6.17. The fourth-order valence-electron chi connectivity index (χ4n) is 4.27. The second-order valence-electron chi connectivity index (χ2n) is 10.2. The summed E-state index contributed by atoms with van der Waals surface area (Å²) in [7, 11) is 0. The van der Waals surface area contributed by atoms with Gasteiger partial charge in [0.2, 0.25) is 11.8 Å². The average Bonchev–Trinajstić information content (AvgIpc) is 3.30. The van der Waals surface area contributed by atoms with Crippen molar-refractivity contribution >= 4 is 40.7 Å². The second-order valence-corrected chi connectivity index (χ2v) is 12.0. The zero-order valence-electron chi connectivity index (χ0n) is 20.0. The van der Waals surface area contributed by atoms with Crippen LogP contribution in [-0.4, -0.2) is 39.9 Å². The van der Waals surface area contributed by atoms with Crippen molar-refractivity contribution in [2.75, 3.05) is 17.2 Å². The number of hydrogen-bond acceptors (Lipinski definition) is 5. The highest BCUT2D eigenvalue weighted by molar-refractivity contribution is 8.00. The molecule has 178 valence electrons. The minimum atomic E-state index is -0.246. The van der Waals surface area contributed by atoms with E-state index < -0.39 is 0 Å². The first kappa shape index (κ1) is 23.2. The number of aryl methyl sites for hydroxylation is 1. The van der Waals surface area contributed by atoms with E-state index in [0.717, 1.165) is 35.3 Å². The first-order valence-electron chi connectivity index (χ1n) is 11.7. The lowest BCUT2D eigenvalue weighted by Crippen LogP contribution is -2.43. The Labute approximate surface area is 208 Å². The standard InChI is InChI=1S/C26H30N4O2S2/c1-16-5-9-19(10-6-16)30-25-22(24(28-30)26(2,3)4)23(17-11-12-33-14-17)34-15-21(32)29(25)13-20(31)27-18-7-8-18/h5-6,9-12,14,18,23H,7-8,13,15H2,1-4H3,(H,27,31)/t23-/m1/s1. The third-order valence-corrected chi connectivity index (χ3v) is 8.12. The average molecular weight is 495 g/mol. The molecule has 1 fully saturated rings. The van der Waals surface area contributed by atoms with Crippen LogP contribution in [0.15, 0.2) is 41.1 Å². The number of nitrogens with zero attached hydrogens (tertiary/aromatic N) is 3. The Morgan fingerprint density at radius 3 is 2.53 bits per heavy atom. The van der Waals surface area contributed by atoms with Crippen LogP contribution in [-0.2, 0) is 15.0 Å². The van der Waals surface area contributed by atoms with Gasteiger partial charge in [0.1, 0.15) is 12.4 Å². The number of aromatic nitrogens is 2. The fourth-order valence-corrected chi connectivity index (χ4v) is 6.23. The maximum Gasteiger partial charge on any atom is 0.240 e. The fraction of sp³-hybridized carbons (Fsp3) is 0.423. The molecule has 1 aliphatic heterocycles. The number of anilines is 1. The van der Waals surface area contributed by atoms with Gasteiger partial charge in [-0.25, -0.2) is 4.68 Å². The van der Waals surface area contributed by atoms with Crippen molar-refractivity contribution in [2.45, 2.75) is 57.2 Å². The molecule has 1 saturated carbocycles. The zero-order valence-corrected chi connectivity index (χ0v) is 21.6. The largest absolute Gasteiger partial charge is 0.352 e. The normalized spacial score (nSPS) is 18.5. The van der Waals surface area contributed by atoms with Crippen LogP contribution in [0.5, 0.6) is 0 Å². The lowest BCUT2D eigenvalue weighted by atomic mass is 9.87. The summed E-state index contributed by atoms with van der Waals surface area (Å²) in [6.07, 6.45) is 2.02. The number of hydrogen-bond donors (Lipinski definition) is 1. The number of thioether (sulfide) groups is 1. The van der Waals surface area contributed by atoms with Gasteiger partial charge in [0, 0.05) is 17.0 Å². The number of amides is 2. The van der Waals surface area contributed by atoms with Gasteiger partial charge in [0.25, 0.3) is 0 Å². The predicted molar refractivity (Wildman–Crippen MR) is 139 cm³/mol. The lowest BCUT2D eigenvalue weighted by molar-refractivity contribution is -0.123. The molecule has 3 aromatic rings. The Kier molecular flexibility index (Phi) is 6.06. The summed E-state index contributed by atoms with van der Waals surface area (Å²) in [6, 6.07) is 10.5. The Hall–Kier alpha value is -2.58. The van der Waals surface area contributed by atoms with Crippen molar-refractivity contribution in [2.24, 2.45) is 0 Å². The van der Waals surface area contributed by atoms with Crippen molar-refractivity contribution in [1.82, 2.24) is 15.1 Å². The summed E-state index contributed by atoms with van der Waals surface area (Å²) in [5.74, 6) is 0.841. The van der Waals surface area contributed by atoms with Crippen molar-refractivity contribution < 1.29 is 9.59 Å². The molecule has 0 radical (unpaired) electrons. The smallest absolute Gasteiger partial charge is 0.240 e. The van der Waals surface area contributed by atoms with E-state index in [0.29, 0.717) is 11.6 Å². The SMILES string of the molecule is Cc1ccc(-n2nc(C(C)(C)C)c3c2N(CC(=O)NC2CC2)C(=O)CS[C@@H]3c2ccsc2)cc1. The Morgan fingerprint density at radius 1 is 1.18 bits per heavy atom. The molecule has 1 aromatic carbocycles. The molecular weight excluding hydrogens is 464 g/mol. The highest BCUT2D eigenvalue weighted by atomic mass is 32.2. The molecule has 34 heavy (non-hydrogen) atoms. The van der Waals surface area contributed by atoms with Gasteiger partial charge in [-0.2, -0.15) is 16.4 Å². The van der Waals surface area contributed by atoms with Crippen molar-refractivity contribution in [3.8, 4) is 5.69 Å². The van der Waals surface area contributed by atoms with Crippen LogP contribution >= 0.6 is 23.1 Å². The number of fused-ring (bicyclic) bond motifs is 1. The first-order valence-corrected chi connectivity index (χ1v) is 13.7. The van der Waals surface area contributed by atoms with Crippen LogP contribution in [0.2, 0.25) is 0 Å². The number of thiophene rings is 1. The minimum Gasteiger partial charge on any atom is -0.352 e. The lowest BCUT2D eigenvalue weighted by Gasteiger charge is -2.24. The third kappa shape index (κ3) is 4.53. The van der Waals surface area contributed by atoms with Gasteiger partial charge < -0.3 is 5.32 Å². The molecule has 3 heterocycles. The van der Waals surface area contributed by atoms with Gasteiger partial charge >= 0.3 is 0 Å². The molecule has 1 N–H and O–H groups in total. The maximum atomic E-state index is 13.5. The molecule has 8 heteroatoms. The molecule has 2 aliphatic rings. The molecule has 2 amide bonds. The summed E-state index contributed by atoms with van der Waals surface area (Å²) in [5, 5.41) is 12.4. The summed E-state index contributed by atoms with van der Waals surface area (Å²) >= 11 is 3.28. The Morgan fingerprint density at radius 2 is 1.91 bits per heavy atom. The second kappa shape index (κ2) is 8.89. The van der Waals surface area contributed by atoms with Gasteiger partial charge in [-0.3, -0.25) is 14.5 Å². The van der Waals surface area contributed by atoms with E-state index in [9.17, 15) is 9.59 Å². The van der Waals surface area contributed by atoms with Crippen LogP contribution in [0.1, 0.15) is 61.2 Å². The molecule has 1 atom stereocenters. The van der Waals surface area contributed by atoms with Crippen LogP contribution in [0.4, 0.5) is 5.82 Å². The monoisotopic (exact) mass is 494 g/mol. The number of nitrogens with one attached hydrogen (secondary N) is 1. The Balaban J connectivity index is 1.73. The van der Waals surface area contributed by atoms with E-state index in [1.54, 1.807) is 28.0 Å². The van der Waals surface area contributed by atoms with Crippen LogP contribution in [0, 0.1) is 6.92 Å². The summed E-state index contributed by atoms with van der Waals surface area (Å²) in [6.45, 7) is 8.51.